The lowest BCUT2D eigenvalue weighted by atomic mass is 10.1. The molecule has 10 heteroatoms. The van der Waals surface area contributed by atoms with E-state index in [1.807, 2.05) is 43.3 Å². The minimum Gasteiger partial charge on any atom is -0.489 e. The fourth-order valence-corrected chi connectivity index (χ4v) is 3.60. The maximum absolute atomic E-state index is 8.49. The third-order valence-corrected chi connectivity index (χ3v) is 5.50. The molecule has 1 aromatic carbocycles. The number of nitrogens with one attached hydrogen (secondary N) is 2. The first-order valence-electron chi connectivity index (χ1n) is 11.2. The zero-order valence-electron chi connectivity index (χ0n) is 19.6. The standard InChI is InChI=1S/C24H30N8O2/c1-30(2)23-7-6-21(25)32(29-23)22(26)15-18-4-3-5-19(14-18)24-27-16-20(17-28-24)34-13-10-31-8-11-33-12-9-31/h3-7,14,16-17,25-26H,8-13,15H2,1-2H3. The van der Waals surface area contributed by atoms with Gasteiger partial charge in [0, 0.05) is 45.7 Å². The van der Waals surface area contributed by atoms with Crippen LogP contribution in [-0.2, 0) is 11.2 Å². The Balaban J connectivity index is 1.39. The van der Waals surface area contributed by atoms with Crippen LogP contribution in [0.3, 0.4) is 0 Å². The van der Waals surface area contributed by atoms with Gasteiger partial charge in [-0.1, -0.05) is 18.2 Å². The molecule has 34 heavy (non-hydrogen) atoms. The molecule has 1 aliphatic heterocycles. The lowest BCUT2D eigenvalue weighted by Gasteiger charge is -2.26. The van der Waals surface area contributed by atoms with Gasteiger partial charge in [-0.15, -0.1) is 5.10 Å². The molecule has 0 spiro atoms. The molecule has 0 unspecified atom stereocenters. The second-order valence-electron chi connectivity index (χ2n) is 8.25. The van der Waals surface area contributed by atoms with Gasteiger partial charge in [0.25, 0.3) is 0 Å². The van der Waals surface area contributed by atoms with E-state index in [-0.39, 0.29) is 11.3 Å². The minimum atomic E-state index is 0.166. The molecule has 0 radical (unpaired) electrons. The second kappa shape index (κ2) is 11.0. The van der Waals surface area contributed by atoms with Gasteiger partial charge in [-0.05, 0) is 23.8 Å². The van der Waals surface area contributed by atoms with Gasteiger partial charge in [0.1, 0.15) is 23.7 Å². The summed E-state index contributed by atoms with van der Waals surface area (Å²) in [5.41, 5.74) is 1.94. The first-order chi connectivity index (χ1) is 16.5. The molecule has 1 fully saturated rings. The van der Waals surface area contributed by atoms with E-state index in [4.69, 9.17) is 20.3 Å². The number of rotatable bonds is 8. The van der Waals surface area contributed by atoms with E-state index in [0.29, 0.717) is 30.4 Å². The van der Waals surface area contributed by atoms with E-state index >= 15 is 0 Å². The van der Waals surface area contributed by atoms with Crippen molar-refractivity contribution in [2.45, 2.75) is 6.42 Å². The third kappa shape index (κ3) is 6.03. The van der Waals surface area contributed by atoms with E-state index in [0.717, 1.165) is 44.0 Å². The number of nitrogens with zero attached hydrogens (tertiary/aromatic N) is 6. The van der Waals surface area contributed by atoms with Crippen LogP contribution in [0.15, 0.2) is 48.8 Å². The number of hydrogen-bond acceptors (Lipinski definition) is 9. The van der Waals surface area contributed by atoms with Gasteiger partial charge in [-0.25, -0.2) is 9.97 Å². The summed E-state index contributed by atoms with van der Waals surface area (Å²) in [5, 5.41) is 21.0. The molecular formula is C24H30N8O2. The SMILES string of the molecule is CN(C)c1ccc(=N)n(C(=N)Cc2cccc(-c3ncc(OCCN4CCOCC4)cn3)c2)n1. The number of hydrogen-bond donors (Lipinski definition) is 2. The molecule has 3 heterocycles. The zero-order chi connectivity index (χ0) is 23.9. The van der Waals surface area contributed by atoms with Crippen LogP contribution in [0, 0.1) is 10.8 Å². The molecule has 3 aromatic rings. The van der Waals surface area contributed by atoms with E-state index in [2.05, 4.69) is 20.0 Å². The first-order valence-corrected chi connectivity index (χ1v) is 11.2. The summed E-state index contributed by atoms with van der Waals surface area (Å²) in [6.45, 7) is 4.86. The Hall–Kier alpha value is -3.63. The van der Waals surface area contributed by atoms with Crippen molar-refractivity contribution in [3.8, 4) is 17.1 Å². The molecule has 4 rings (SSSR count). The molecule has 0 bridgehead atoms. The summed E-state index contributed by atoms with van der Waals surface area (Å²) in [7, 11) is 3.76. The molecule has 2 aromatic heterocycles. The molecule has 0 saturated carbocycles. The van der Waals surface area contributed by atoms with E-state index < -0.39 is 0 Å². The summed E-state index contributed by atoms with van der Waals surface area (Å²) in [4.78, 5) is 13.1. The van der Waals surface area contributed by atoms with Crippen LogP contribution in [0.25, 0.3) is 11.4 Å². The summed E-state index contributed by atoms with van der Waals surface area (Å²) < 4.78 is 12.5. The van der Waals surface area contributed by atoms with Crippen molar-refractivity contribution in [3.05, 3.63) is 59.8 Å². The number of morpholine rings is 1. The largest absolute Gasteiger partial charge is 0.489 e. The van der Waals surface area contributed by atoms with Crippen LogP contribution in [0.4, 0.5) is 5.82 Å². The highest BCUT2D eigenvalue weighted by atomic mass is 16.5. The van der Waals surface area contributed by atoms with E-state index in [1.54, 1.807) is 24.5 Å². The monoisotopic (exact) mass is 462 g/mol. The van der Waals surface area contributed by atoms with Crippen LogP contribution >= 0.6 is 0 Å². The predicted octanol–water partition coefficient (Wildman–Crippen LogP) is 1.66. The summed E-state index contributed by atoms with van der Waals surface area (Å²) in [6.07, 6.45) is 3.71. The molecule has 0 atom stereocenters. The third-order valence-electron chi connectivity index (χ3n) is 5.50. The Morgan fingerprint density at radius 1 is 1.12 bits per heavy atom. The first kappa shape index (κ1) is 23.5. The summed E-state index contributed by atoms with van der Waals surface area (Å²) >= 11 is 0. The maximum Gasteiger partial charge on any atom is 0.159 e. The quantitative estimate of drug-likeness (QED) is 0.386. The molecule has 0 aliphatic carbocycles. The Morgan fingerprint density at radius 2 is 1.88 bits per heavy atom. The van der Waals surface area contributed by atoms with Crippen molar-refractivity contribution in [3.63, 3.8) is 0 Å². The summed E-state index contributed by atoms with van der Waals surface area (Å²) in [5.74, 6) is 2.14. The molecule has 178 valence electrons. The van der Waals surface area contributed by atoms with Crippen LogP contribution in [0.5, 0.6) is 5.75 Å². The minimum absolute atomic E-state index is 0.166. The second-order valence-corrected chi connectivity index (χ2v) is 8.25. The van der Waals surface area contributed by atoms with Crippen LogP contribution in [-0.4, -0.2) is 84.0 Å². The van der Waals surface area contributed by atoms with Crippen molar-refractivity contribution >= 4 is 11.7 Å². The average Bonchev–Trinajstić information content (AvgIpc) is 2.85. The molecule has 2 N–H and O–H groups in total. The number of aromatic nitrogens is 4. The summed E-state index contributed by atoms with van der Waals surface area (Å²) in [6, 6.07) is 11.2. The van der Waals surface area contributed by atoms with Gasteiger partial charge in [0.05, 0.1) is 25.6 Å². The van der Waals surface area contributed by atoms with Gasteiger partial charge >= 0.3 is 0 Å². The van der Waals surface area contributed by atoms with Gasteiger partial charge in [-0.2, -0.15) is 4.68 Å². The van der Waals surface area contributed by atoms with E-state index in [9.17, 15) is 0 Å². The lowest BCUT2D eigenvalue weighted by molar-refractivity contribution is 0.0322. The van der Waals surface area contributed by atoms with Crippen molar-refractivity contribution in [1.82, 2.24) is 24.6 Å². The van der Waals surface area contributed by atoms with Gasteiger partial charge < -0.3 is 14.4 Å². The Bertz CT molecular complexity index is 1170. The smallest absolute Gasteiger partial charge is 0.159 e. The van der Waals surface area contributed by atoms with Gasteiger partial charge in [0.2, 0.25) is 0 Å². The van der Waals surface area contributed by atoms with Crippen molar-refractivity contribution < 1.29 is 9.47 Å². The highest BCUT2D eigenvalue weighted by Gasteiger charge is 2.11. The van der Waals surface area contributed by atoms with E-state index in [1.165, 1.54) is 4.68 Å². The normalized spacial score (nSPS) is 14.1. The van der Waals surface area contributed by atoms with Crippen molar-refractivity contribution in [2.24, 2.45) is 0 Å². The molecular weight excluding hydrogens is 432 g/mol. The Kier molecular flexibility index (Phi) is 7.61. The van der Waals surface area contributed by atoms with Gasteiger partial charge in [-0.3, -0.25) is 15.7 Å². The van der Waals surface area contributed by atoms with Crippen LogP contribution in [0.2, 0.25) is 0 Å². The lowest BCUT2D eigenvalue weighted by Crippen LogP contribution is -2.38. The molecule has 0 amide bonds. The Labute approximate surface area is 198 Å². The highest BCUT2D eigenvalue weighted by Crippen LogP contribution is 2.18. The Morgan fingerprint density at radius 3 is 2.62 bits per heavy atom. The molecule has 1 aliphatic rings. The topological polar surface area (TPSA) is 116 Å². The maximum atomic E-state index is 8.49. The van der Waals surface area contributed by atoms with Crippen LogP contribution < -0.4 is 15.1 Å². The zero-order valence-corrected chi connectivity index (χ0v) is 19.6. The average molecular weight is 463 g/mol. The number of ether oxygens (including phenoxy) is 2. The molecule has 1 saturated heterocycles. The fourth-order valence-electron chi connectivity index (χ4n) is 3.60. The fraction of sp³-hybridized carbons (Fsp3) is 0.375. The van der Waals surface area contributed by atoms with Crippen LogP contribution in [0.1, 0.15) is 5.56 Å². The molecule has 10 nitrogen and oxygen atoms in total. The van der Waals surface area contributed by atoms with Crippen molar-refractivity contribution in [1.29, 1.82) is 10.8 Å². The number of anilines is 1. The van der Waals surface area contributed by atoms with Gasteiger partial charge in [0.15, 0.2) is 11.6 Å². The predicted molar refractivity (Wildman–Crippen MR) is 129 cm³/mol. The number of benzene rings is 1. The van der Waals surface area contributed by atoms with Crippen molar-refractivity contribution in [2.75, 3.05) is 58.5 Å². The highest BCUT2D eigenvalue weighted by molar-refractivity contribution is 5.83.